The number of ether oxygens (including phenoxy) is 1. The lowest BCUT2D eigenvalue weighted by Crippen LogP contribution is -2.33. The van der Waals surface area contributed by atoms with E-state index in [1.807, 2.05) is 30.3 Å². The van der Waals surface area contributed by atoms with Crippen molar-refractivity contribution in [3.05, 3.63) is 60.2 Å². The van der Waals surface area contributed by atoms with E-state index in [1.165, 1.54) is 0 Å². The van der Waals surface area contributed by atoms with Crippen molar-refractivity contribution in [1.29, 1.82) is 0 Å². The van der Waals surface area contributed by atoms with E-state index in [0.717, 1.165) is 5.69 Å². The highest BCUT2D eigenvalue weighted by Crippen LogP contribution is 2.26. The van der Waals surface area contributed by atoms with Gasteiger partial charge in [0.25, 0.3) is 0 Å². The summed E-state index contributed by atoms with van der Waals surface area (Å²) in [5, 5.41) is 2.73. The predicted molar refractivity (Wildman–Crippen MR) is 97.9 cm³/mol. The molecule has 134 valence electrons. The average molecular weight is 352 g/mol. The first-order valence-electron chi connectivity index (χ1n) is 8.54. The van der Waals surface area contributed by atoms with Gasteiger partial charge in [-0.2, -0.15) is 0 Å². The highest BCUT2D eigenvalue weighted by atomic mass is 16.5. The summed E-state index contributed by atoms with van der Waals surface area (Å²) in [4.78, 5) is 38.5. The molecule has 1 N–H and O–H groups in total. The van der Waals surface area contributed by atoms with Crippen LogP contribution in [0.1, 0.15) is 23.7 Å². The normalized spacial score (nSPS) is 16.4. The number of carbonyl (C=O) groups is 3. The number of anilines is 2. The molecule has 1 atom stereocenters. The predicted octanol–water partition coefficient (Wildman–Crippen LogP) is 2.85. The fourth-order valence-corrected chi connectivity index (χ4v) is 2.96. The minimum atomic E-state index is -0.735. The number of nitrogens with one attached hydrogen (secondary N) is 1. The van der Waals surface area contributed by atoms with Crippen molar-refractivity contribution < 1.29 is 19.1 Å². The van der Waals surface area contributed by atoms with Crippen LogP contribution in [0, 0.1) is 5.92 Å². The molecule has 1 aliphatic heterocycles. The van der Waals surface area contributed by atoms with Gasteiger partial charge in [0.2, 0.25) is 11.8 Å². The molecule has 0 bridgehead atoms. The lowest BCUT2D eigenvalue weighted by molar-refractivity contribution is -0.129. The molecule has 0 spiro atoms. The van der Waals surface area contributed by atoms with Crippen LogP contribution in [0.4, 0.5) is 11.4 Å². The fourth-order valence-electron chi connectivity index (χ4n) is 2.96. The molecule has 0 aromatic heterocycles. The first-order valence-corrected chi connectivity index (χ1v) is 8.54. The van der Waals surface area contributed by atoms with Gasteiger partial charge in [-0.15, -0.1) is 0 Å². The van der Waals surface area contributed by atoms with Crippen molar-refractivity contribution in [2.24, 2.45) is 5.92 Å². The van der Waals surface area contributed by atoms with Gasteiger partial charge in [0.1, 0.15) is 5.92 Å². The Hall–Kier alpha value is -3.15. The van der Waals surface area contributed by atoms with Crippen LogP contribution in [0.2, 0.25) is 0 Å². The molecule has 6 nitrogen and oxygen atoms in total. The number of hydrogen-bond acceptors (Lipinski definition) is 4. The molecule has 2 aromatic rings. The first-order chi connectivity index (χ1) is 12.6. The third-order valence-corrected chi connectivity index (χ3v) is 4.23. The third kappa shape index (κ3) is 3.74. The molecule has 3 rings (SSSR count). The van der Waals surface area contributed by atoms with Gasteiger partial charge >= 0.3 is 5.97 Å². The number of benzene rings is 2. The molecule has 1 heterocycles. The first kappa shape index (κ1) is 17.7. The summed E-state index contributed by atoms with van der Waals surface area (Å²) in [6.45, 7) is 2.51. The molecule has 1 fully saturated rings. The minimum absolute atomic E-state index is 0.213. The van der Waals surface area contributed by atoms with E-state index in [4.69, 9.17) is 4.74 Å². The maximum atomic E-state index is 12.6. The number of amides is 2. The van der Waals surface area contributed by atoms with Crippen LogP contribution in [0.15, 0.2) is 54.6 Å². The fraction of sp³-hybridized carbons (Fsp3) is 0.250. The summed E-state index contributed by atoms with van der Waals surface area (Å²) in [5.74, 6) is -1.76. The van der Waals surface area contributed by atoms with Crippen LogP contribution in [-0.4, -0.2) is 30.9 Å². The summed E-state index contributed by atoms with van der Waals surface area (Å²) in [5.41, 5.74) is 1.61. The van der Waals surface area contributed by atoms with Crippen molar-refractivity contribution in [3.63, 3.8) is 0 Å². The van der Waals surface area contributed by atoms with Gasteiger partial charge in [-0.05, 0) is 43.7 Å². The summed E-state index contributed by atoms with van der Waals surface area (Å²) in [6, 6.07) is 15.8. The highest BCUT2D eigenvalue weighted by molar-refractivity contribution is 6.13. The van der Waals surface area contributed by atoms with Crippen LogP contribution >= 0.6 is 0 Å². The number of esters is 1. The zero-order valence-electron chi connectivity index (χ0n) is 14.5. The van der Waals surface area contributed by atoms with E-state index in [0.29, 0.717) is 24.2 Å². The minimum Gasteiger partial charge on any atom is -0.462 e. The molecule has 1 aliphatic rings. The number of carbonyl (C=O) groups excluding carboxylic acids is 3. The van der Waals surface area contributed by atoms with Crippen LogP contribution in [0.25, 0.3) is 0 Å². The summed E-state index contributed by atoms with van der Waals surface area (Å²) >= 11 is 0. The molecular formula is C20H20N2O4. The second kappa shape index (κ2) is 7.82. The molecule has 26 heavy (non-hydrogen) atoms. The SMILES string of the molecule is CCOC(=O)c1cccc(NC(=O)C2CCN(c3ccccc3)C2=O)c1. The standard InChI is InChI=1S/C20H20N2O4/c1-2-26-20(25)14-7-6-8-15(13-14)21-18(23)17-11-12-22(19(17)24)16-9-4-3-5-10-16/h3-10,13,17H,2,11-12H2,1H3,(H,21,23). The van der Waals surface area contributed by atoms with Crippen molar-refractivity contribution >= 4 is 29.2 Å². The molecule has 1 saturated heterocycles. The second-order valence-corrected chi connectivity index (χ2v) is 5.96. The van der Waals surface area contributed by atoms with Gasteiger partial charge in [-0.1, -0.05) is 24.3 Å². The van der Waals surface area contributed by atoms with E-state index in [1.54, 1.807) is 36.1 Å². The Morgan fingerprint density at radius 2 is 1.92 bits per heavy atom. The number of para-hydroxylation sites is 1. The van der Waals surface area contributed by atoms with Gasteiger partial charge in [-0.3, -0.25) is 9.59 Å². The topological polar surface area (TPSA) is 75.7 Å². The van der Waals surface area contributed by atoms with E-state index in [9.17, 15) is 14.4 Å². The van der Waals surface area contributed by atoms with Crippen LogP contribution < -0.4 is 10.2 Å². The Balaban J connectivity index is 1.68. The Bertz CT molecular complexity index is 820. The van der Waals surface area contributed by atoms with E-state index in [-0.39, 0.29) is 18.4 Å². The molecule has 2 aromatic carbocycles. The molecule has 2 amide bonds. The smallest absolute Gasteiger partial charge is 0.338 e. The molecule has 0 saturated carbocycles. The van der Waals surface area contributed by atoms with Crippen molar-refractivity contribution in [2.45, 2.75) is 13.3 Å². The Kier molecular flexibility index (Phi) is 5.31. The molecule has 0 radical (unpaired) electrons. The number of hydrogen-bond donors (Lipinski definition) is 1. The Labute approximate surface area is 151 Å². The van der Waals surface area contributed by atoms with E-state index >= 15 is 0 Å². The number of nitrogens with zero attached hydrogens (tertiary/aromatic N) is 1. The van der Waals surface area contributed by atoms with E-state index in [2.05, 4.69) is 5.32 Å². The molecule has 6 heteroatoms. The number of rotatable bonds is 5. The maximum absolute atomic E-state index is 12.6. The van der Waals surface area contributed by atoms with Gasteiger partial charge in [0.15, 0.2) is 0 Å². The summed E-state index contributed by atoms with van der Waals surface area (Å²) in [7, 11) is 0. The highest BCUT2D eigenvalue weighted by Gasteiger charge is 2.37. The molecule has 0 aliphatic carbocycles. The Morgan fingerprint density at radius 1 is 1.15 bits per heavy atom. The van der Waals surface area contributed by atoms with Crippen LogP contribution in [0.5, 0.6) is 0 Å². The van der Waals surface area contributed by atoms with Crippen molar-refractivity contribution in [1.82, 2.24) is 0 Å². The lowest BCUT2D eigenvalue weighted by Gasteiger charge is -2.16. The van der Waals surface area contributed by atoms with Crippen LogP contribution in [0.3, 0.4) is 0 Å². The van der Waals surface area contributed by atoms with E-state index < -0.39 is 11.9 Å². The second-order valence-electron chi connectivity index (χ2n) is 5.96. The summed E-state index contributed by atoms with van der Waals surface area (Å²) in [6.07, 6.45) is 0.455. The quantitative estimate of drug-likeness (QED) is 0.663. The van der Waals surface area contributed by atoms with Crippen molar-refractivity contribution in [3.8, 4) is 0 Å². The molecule has 1 unspecified atom stereocenters. The zero-order chi connectivity index (χ0) is 18.5. The van der Waals surface area contributed by atoms with Crippen molar-refractivity contribution in [2.75, 3.05) is 23.4 Å². The zero-order valence-corrected chi connectivity index (χ0v) is 14.5. The maximum Gasteiger partial charge on any atom is 0.338 e. The third-order valence-electron chi connectivity index (χ3n) is 4.23. The largest absolute Gasteiger partial charge is 0.462 e. The summed E-state index contributed by atoms with van der Waals surface area (Å²) < 4.78 is 4.96. The molecular weight excluding hydrogens is 332 g/mol. The Morgan fingerprint density at radius 3 is 2.65 bits per heavy atom. The van der Waals surface area contributed by atoms with Gasteiger partial charge < -0.3 is 15.0 Å². The van der Waals surface area contributed by atoms with Gasteiger partial charge in [0.05, 0.1) is 12.2 Å². The monoisotopic (exact) mass is 352 g/mol. The average Bonchev–Trinajstić information content (AvgIpc) is 3.04. The van der Waals surface area contributed by atoms with Gasteiger partial charge in [-0.25, -0.2) is 4.79 Å². The van der Waals surface area contributed by atoms with Gasteiger partial charge in [0, 0.05) is 17.9 Å². The lowest BCUT2D eigenvalue weighted by atomic mass is 10.1. The van der Waals surface area contributed by atoms with Crippen LogP contribution in [-0.2, 0) is 14.3 Å².